The Hall–Kier alpha value is -3.41. The van der Waals surface area contributed by atoms with Gasteiger partial charge in [-0.3, -0.25) is 4.68 Å². The highest BCUT2D eigenvalue weighted by atomic mass is 16.5. The summed E-state index contributed by atoms with van der Waals surface area (Å²) in [5, 5.41) is 14.9. The van der Waals surface area contributed by atoms with Gasteiger partial charge in [0.1, 0.15) is 11.5 Å². The molecule has 0 saturated carbocycles. The number of methoxy groups -OCH3 is 3. The smallest absolute Gasteiger partial charge is 0.161 e. The predicted octanol–water partition coefficient (Wildman–Crippen LogP) is 4.13. The number of hydrogen-bond acceptors (Lipinski definition) is 5. The van der Waals surface area contributed by atoms with Crippen LogP contribution >= 0.6 is 0 Å². The SMILES string of the molecule is C=CCn1nc(-c2cc(OC)ccc2O)cc1-c1ccc(OC)c(OC)c1. The molecule has 0 unspecified atom stereocenters. The molecule has 0 saturated heterocycles. The van der Waals surface area contributed by atoms with Crippen LogP contribution in [-0.4, -0.2) is 36.2 Å². The van der Waals surface area contributed by atoms with E-state index in [1.807, 2.05) is 28.9 Å². The zero-order valence-corrected chi connectivity index (χ0v) is 15.6. The van der Waals surface area contributed by atoms with Gasteiger partial charge in [0, 0.05) is 11.1 Å². The third-order valence-corrected chi connectivity index (χ3v) is 4.24. The van der Waals surface area contributed by atoms with Crippen molar-refractivity contribution in [3.8, 4) is 45.5 Å². The van der Waals surface area contributed by atoms with Crippen LogP contribution in [0, 0.1) is 0 Å². The van der Waals surface area contributed by atoms with Gasteiger partial charge in [0.25, 0.3) is 0 Å². The molecule has 6 nitrogen and oxygen atoms in total. The summed E-state index contributed by atoms with van der Waals surface area (Å²) in [6.07, 6.45) is 1.77. The molecule has 0 atom stereocenters. The van der Waals surface area contributed by atoms with E-state index in [-0.39, 0.29) is 5.75 Å². The highest BCUT2D eigenvalue weighted by Gasteiger charge is 2.16. The van der Waals surface area contributed by atoms with Crippen LogP contribution in [0.1, 0.15) is 0 Å². The van der Waals surface area contributed by atoms with Crippen molar-refractivity contribution in [1.82, 2.24) is 9.78 Å². The third kappa shape index (κ3) is 3.60. The minimum absolute atomic E-state index is 0.137. The van der Waals surface area contributed by atoms with Gasteiger partial charge >= 0.3 is 0 Å². The van der Waals surface area contributed by atoms with Crippen molar-refractivity contribution in [2.45, 2.75) is 6.54 Å². The molecule has 1 heterocycles. The summed E-state index contributed by atoms with van der Waals surface area (Å²) in [4.78, 5) is 0. The third-order valence-electron chi connectivity index (χ3n) is 4.24. The normalized spacial score (nSPS) is 10.5. The minimum atomic E-state index is 0.137. The van der Waals surface area contributed by atoms with E-state index >= 15 is 0 Å². The number of rotatable bonds is 7. The highest BCUT2D eigenvalue weighted by Crippen LogP contribution is 2.36. The van der Waals surface area contributed by atoms with Crippen LogP contribution in [0.5, 0.6) is 23.0 Å². The van der Waals surface area contributed by atoms with Crippen LogP contribution in [-0.2, 0) is 6.54 Å². The van der Waals surface area contributed by atoms with Crippen molar-refractivity contribution in [3.63, 3.8) is 0 Å². The van der Waals surface area contributed by atoms with Crippen LogP contribution in [0.4, 0.5) is 0 Å². The number of aromatic hydroxyl groups is 1. The average Bonchev–Trinajstić information content (AvgIpc) is 3.11. The Balaban J connectivity index is 2.13. The number of ether oxygens (including phenoxy) is 3. The molecular weight excluding hydrogens is 344 g/mol. The summed E-state index contributed by atoms with van der Waals surface area (Å²) < 4.78 is 17.8. The quantitative estimate of drug-likeness (QED) is 0.637. The van der Waals surface area contributed by atoms with E-state index in [0.717, 1.165) is 11.3 Å². The zero-order chi connectivity index (χ0) is 19.4. The van der Waals surface area contributed by atoms with Gasteiger partial charge in [0.2, 0.25) is 0 Å². The Kier molecular flexibility index (Phi) is 5.35. The fourth-order valence-electron chi connectivity index (χ4n) is 2.89. The Morgan fingerprint density at radius 3 is 2.44 bits per heavy atom. The minimum Gasteiger partial charge on any atom is -0.507 e. The first-order valence-corrected chi connectivity index (χ1v) is 8.39. The van der Waals surface area contributed by atoms with Gasteiger partial charge < -0.3 is 19.3 Å². The molecule has 6 heteroatoms. The van der Waals surface area contributed by atoms with Crippen LogP contribution in [0.2, 0.25) is 0 Å². The lowest BCUT2D eigenvalue weighted by atomic mass is 10.1. The van der Waals surface area contributed by atoms with Crippen LogP contribution in [0.3, 0.4) is 0 Å². The molecule has 1 N–H and O–H groups in total. The Labute approximate surface area is 158 Å². The molecule has 1 aromatic heterocycles. The maximum atomic E-state index is 10.3. The Morgan fingerprint density at radius 1 is 1.00 bits per heavy atom. The number of allylic oxidation sites excluding steroid dienone is 1. The standard InChI is InChI=1S/C21H22N2O4/c1-5-10-23-18(14-6-9-20(26-3)21(11-14)27-4)13-17(22-23)16-12-15(25-2)7-8-19(16)24/h5-9,11-13,24H,1,10H2,2-4H3. The molecule has 0 spiro atoms. The average molecular weight is 366 g/mol. The molecule has 0 fully saturated rings. The summed E-state index contributed by atoms with van der Waals surface area (Å²) >= 11 is 0. The van der Waals surface area contributed by atoms with E-state index in [2.05, 4.69) is 11.7 Å². The molecule has 3 aromatic rings. The second-order valence-corrected chi connectivity index (χ2v) is 5.84. The van der Waals surface area contributed by atoms with E-state index in [4.69, 9.17) is 14.2 Å². The molecule has 0 aliphatic carbocycles. The summed E-state index contributed by atoms with van der Waals surface area (Å²) in [5.74, 6) is 2.07. The van der Waals surface area contributed by atoms with E-state index in [0.29, 0.717) is 35.1 Å². The summed E-state index contributed by atoms with van der Waals surface area (Å²) in [6.45, 7) is 4.33. The van der Waals surface area contributed by atoms with Crippen molar-refractivity contribution < 1.29 is 19.3 Å². The van der Waals surface area contributed by atoms with E-state index in [9.17, 15) is 5.11 Å². The number of benzene rings is 2. The first kappa shape index (κ1) is 18.4. The van der Waals surface area contributed by atoms with Crippen molar-refractivity contribution in [1.29, 1.82) is 0 Å². The summed E-state index contributed by atoms with van der Waals surface area (Å²) in [5.41, 5.74) is 3.01. The monoisotopic (exact) mass is 366 g/mol. The lowest BCUT2D eigenvalue weighted by molar-refractivity contribution is 0.355. The molecule has 0 aliphatic heterocycles. The van der Waals surface area contributed by atoms with Crippen LogP contribution < -0.4 is 14.2 Å². The van der Waals surface area contributed by atoms with Crippen molar-refractivity contribution in [2.75, 3.05) is 21.3 Å². The maximum Gasteiger partial charge on any atom is 0.161 e. The molecule has 27 heavy (non-hydrogen) atoms. The zero-order valence-electron chi connectivity index (χ0n) is 15.6. The molecule has 140 valence electrons. The number of aromatic nitrogens is 2. The largest absolute Gasteiger partial charge is 0.507 e. The van der Waals surface area contributed by atoms with Crippen molar-refractivity contribution >= 4 is 0 Å². The molecular formula is C21H22N2O4. The fraction of sp³-hybridized carbons (Fsp3) is 0.190. The Morgan fingerprint density at radius 2 is 1.78 bits per heavy atom. The fourth-order valence-corrected chi connectivity index (χ4v) is 2.89. The van der Waals surface area contributed by atoms with Gasteiger partial charge in [-0.05, 0) is 42.5 Å². The van der Waals surface area contributed by atoms with E-state index in [1.165, 1.54) is 0 Å². The van der Waals surface area contributed by atoms with Crippen LogP contribution in [0.25, 0.3) is 22.5 Å². The number of hydrogen-bond donors (Lipinski definition) is 1. The highest BCUT2D eigenvalue weighted by molar-refractivity contribution is 5.74. The van der Waals surface area contributed by atoms with Gasteiger partial charge in [-0.2, -0.15) is 5.10 Å². The van der Waals surface area contributed by atoms with Gasteiger partial charge in [0.05, 0.1) is 39.3 Å². The second-order valence-electron chi connectivity index (χ2n) is 5.84. The molecule has 2 aromatic carbocycles. The van der Waals surface area contributed by atoms with Gasteiger partial charge in [0.15, 0.2) is 11.5 Å². The van der Waals surface area contributed by atoms with Crippen LogP contribution in [0.15, 0.2) is 55.1 Å². The molecule has 0 amide bonds. The Bertz CT molecular complexity index is 963. The number of nitrogens with zero attached hydrogens (tertiary/aromatic N) is 2. The van der Waals surface area contributed by atoms with Crippen molar-refractivity contribution in [3.05, 3.63) is 55.1 Å². The molecule has 0 bridgehead atoms. The number of phenolic OH excluding ortho intramolecular Hbond substituents is 1. The molecule has 3 rings (SSSR count). The van der Waals surface area contributed by atoms with Gasteiger partial charge in [-0.25, -0.2) is 0 Å². The first-order chi connectivity index (χ1) is 13.1. The van der Waals surface area contributed by atoms with E-state index < -0.39 is 0 Å². The maximum absolute atomic E-state index is 10.3. The lowest BCUT2D eigenvalue weighted by Gasteiger charge is -2.10. The molecule has 0 radical (unpaired) electrons. The van der Waals surface area contributed by atoms with E-state index in [1.54, 1.807) is 45.6 Å². The number of phenols is 1. The molecule has 0 aliphatic rings. The summed E-state index contributed by atoms with van der Waals surface area (Å²) in [6, 6.07) is 12.7. The first-order valence-electron chi connectivity index (χ1n) is 8.39. The van der Waals surface area contributed by atoms with Gasteiger partial charge in [-0.15, -0.1) is 6.58 Å². The topological polar surface area (TPSA) is 65.7 Å². The van der Waals surface area contributed by atoms with Gasteiger partial charge in [-0.1, -0.05) is 6.08 Å². The lowest BCUT2D eigenvalue weighted by Crippen LogP contribution is -2.00. The predicted molar refractivity (Wildman–Crippen MR) is 105 cm³/mol. The summed E-state index contributed by atoms with van der Waals surface area (Å²) in [7, 11) is 4.78. The second kappa shape index (κ2) is 7.86. The van der Waals surface area contributed by atoms with Crippen molar-refractivity contribution in [2.24, 2.45) is 0 Å².